The van der Waals surface area contributed by atoms with Crippen molar-refractivity contribution < 1.29 is 8.42 Å². The van der Waals surface area contributed by atoms with E-state index >= 15 is 0 Å². The van der Waals surface area contributed by atoms with E-state index in [1.807, 2.05) is 20.8 Å². The molecular formula is C14H24N2O2S. The number of aryl methyl sites for hydroxylation is 2. The van der Waals surface area contributed by atoms with Gasteiger partial charge in [-0.25, -0.2) is 8.42 Å². The highest BCUT2D eigenvalue weighted by Crippen LogP contribution is 2.27. The van der Waals surface area contributed by atoms with Gasteiger partial charge in [-0.15, -0.1) is 0 Å². The van der Waals surface area contributed by atoms with E-state index in [1.54, 1.807) is 33.0 Å². The van der Waals surface area contributed by atoms with Gasteiger partial charge in [0.25, 0.3) is 0 Å². The molecule has 0 aliphatic carbocycles. The Bertz CT molecular complexity index is 542. The number of hydrogen-bond acceptors (Lipinski definition) is 3. The smallest absolute Gasteiger partial charge is 0.243 e. The maximum atomic E-state index is 12.7. The number of hydrogen-bond donors (Lipinski definition) is 1. The Morgan fingerprint density at radius 1 is 1.11 bits per heavy atom. The Labute approximate surface area is 116 Å². The second-order valence-corrected chi connectivity index (χ2v) is 7.42. The molecule has 4 nitrogen and oxygen atoms in total. The van der Waals surface area contributed by atoms with E-state index in [9.17, 15) is 8.42 Å². The van der Waals surface area contributed by atoms with Crippen LogP contribution in [0.2, 0.25) is 0 Å². The SMILES string of the molecule is Cc1cc(N)cc(C)c1S(=O)(=O)N(C)C(C)C(C)C. The van der Waals surface area contributed by atoms with Crippen molar-refractivity contribution in [1.82, 2.24) is 4.31 Å². The monoisotopic (exact) mass is 284 g/mol. The summed E-state index contributed by atoms with van der Waals surface area (Å²) in [6.45, 7) is 9.51. The van der Waals surface area contributed by atoms with Crippen molar-refractivity contribution in [2.24, 2.45) is 5.92 Å². The molecule has 0 fully saturated rings. The molecule has 0 bridgehead atoms. The Kier molecular flexibility index (Phi) is 4.63. The summed E-state index contributed by atoms with van der Waals surface area (Å²) in [5.41, 5.74) is 7.73. The second-order valence-electron chi connectivity index (χ2n) is 5.49. The van der Waals surface area contributed by atoms with Crippen molar-refractivity contribution in [2.75, 3.05) is 12.8 Å². The predicted molar refractivity (Wildman–Crippen MR) is 79.6 cm³/mol. The number of sulfonamides is 1. The minimum atomic E-state index is -3.48. The zero-order valence-corrected chi connectivity index (χ0v) is 13.4. The summed E-state index contributed by atoms with van der Waals surface area (Å²) in [4.78, 5) is 0.372. The van der Waals surface area contributed by atoms with E-state index in [4.69, 9.17) is 5.73 Å². The van der Waals surface area contributed by atoms with Crippen LogP contribution in [0, 0.1) is 19.8 Å². The summed E-state index contributed by atoms with van der Waals surface area (Å²) in [6, 6.07) is 3.35. The van der Waals surface area contributed by atoms with Gasteiger partial charge in [-0.3, -0.25) is 0 Å². The zero-order valence-electron chi connectivity index (χ0n) is 12.6. The van der Waals surface area contributed by atoms with Crippen molar-refractivity contribution in [3.05, 3.63) is 23.3 Å². The molecule has 1 unspecified atom stereocenters. The summed E-state index contributed by atoms with van der Waals surface area (Å²) >= 11 is 0. The first-order chi connectivity index (χ1) is 8.59. The van der Waals surface area contributed by atoms with Crippen LogP contribution in [0.15, 0.2) is 17.0 Å². The van der Waals surface area contributed by atoms with Gasteiger partial charge in [0.1, 0.15) is 0 Å². The molecule has 1 atom stereocenters. The molecule has 2 N–H and O–H groups in total. The number of nitrogen functional groups attached to an aromatic ring is 1. The normalized spacial score (nSPS) is 14.1. The molecule has 0 saturated carbocycles. The largest absolute Gasteiger partial charge is 0.399 e. The van der Waals surface area contributed by atoms with E-state index < -0.39 is 10.0 Å². The highest BCUT2D eigenvalue weighted by Gasteiger charge is 2.29. The van der Waals surface area contributed by atoms with Crippen LogP contribution in [0.25, 0.3) is 0 Å². The van der Waals surface area contributed by atoms with Gasteiger partial charge in [0.15, 0.2) is 0 Å². The van der Waals surface area contributed by atoms with Gasteiger partial charge in [0, 0.05) is 18.8 Å². The topological polar surface area (TPSA) is 63.4 Å². The lowest BCUT2D eigenvalue weighted by Gasteiger charge is -2.28. The first-order valence-corrected chi connectivity index (χ1v) is 7.87. The first kappa shape index (κ1) is 16.0. The van der Waals surface area contributed by atoms with Crippen LogP contribution in [0.4, 0.5) is 5.69 Å². The van der Waals surface area contributed by atoms with Crippen molar-refractivity contribution in [3.8, 4) is 0 Å². The summed E-state index contributed by atoms with van der Waals surface area (Å²) in [5.74, 6) is 0.258. The molecule has 0 spiro atoms. The van der Waals surface area contributed by atoms with Gasteiger partial charge in [-0.1, -0.05) is 13.8 Å². The fraction of sp³-hybridized carbons (Fsp3) is 0.571. The van der Waals surface area contributed by atoms with Crippen LogP contribution in [-0.4, -0.2) is 25.8 Å². The molecule has 5 heteroatoms. The Hall–Kier alpha value is -1.07. The quantitative estimate of drug-likeness (QED) is 0.864. The molecule has 0 saturated heterocycles. The van der Waals surface area contributed by atoms with Crippen molar-refractivity contribution in [1.29, 1.82) is 0 Å². The minimum absolute atomic E-state index is 0.0543. The summed E-state index contributed by atoms with van der Waals surface area (Å²) in [7, 11) is -1.85. The Morgan fingerprint density at radius 3 is 1.89 bits per heavy atom. The van der Waals surface area contributed by atoms with Gasteiger partial charge < -0.3 is 5.73 Å². The Morgan fingerprint density at radius 2 is 1.53 bits per heavy atom. The molecule has 0 heterocycles. The molecule has 0 aromatic heterocycles. The number of nitrogens with zero attached hydrogens (tertiary/aromatic N) is 1. The van der Waals surface area contributed by atoms with Crippen LogP contribution in [0.1, 0.15) is 31.9 Å². The maximum absolute atomic E-state index is 12.7. The van der Waals surface area contributed by atoms with Crippen molar-refractivity contribution in [2.45, 2.75) is 45.6 Å². The lowest BCUT2D eigenvalue weighted by atomic mass is 10.1. The average molecular weight is 284 g/mol. The molecule has 0 amide bonds. The van der Waals surface area contributed by atoms with E-state index in [2.05, 4.69) is 0 Å². The van der Waals surface area contributed by atoms with E-state index in [-0.39, 0.29) is 12.0 Å². The number of anilines is 1. The van der Waals surface area contributed by atoms with Gasteiger partial charge in [-0.05, 0) is 49.9 Å². The summed E-state index contributed by atoms with van der Waals surface area (Å²) in [5, 5.41) is 0. The lowest BCUT2D eigenvalue weighted by Crippen LogP contribution is -2.38. The number of rotatable bonds is 4. The molecule has 108 valence electrons. The van der Waals surface area contributed by atoms with Crippen LogP contribution in [0.3, 0.4) is 0 Å². The van der Waals surface area contributed by atoms with Gasteiger partial charge in [0.2, 0.25) is 10.0 Å². The van der Waals surface area contributed by atoms with E-state index in [0.717, 1.165) is 0 Å². The zero-order chi connectivity index (χ0) is 15.0. The first-order valence-electron chi connectivity index (χ1n) is 6.43. The molecular weight excluding hydrogens is 260 g/mol. The van der Waals surface area contributed by atoms with Crippen LogP contribution >= 0.6 is 0 Å². The third-order valence-corrected chi connectivity index (χ3v) is 5.91. The average Bonchev–Trinajstić information content (AvgIpc) is 2.24. The highest BCUT2D eigenvalue weighted by molar-refractivity contribution is 7.89. The van der Waals surface area contributed by atoms with E-state index in [0.29, 0.717) is 21.7 Å². The molecule has 1 aromatic rings. The molecule has 1 aromatic carbocycles. The number of nitrogens with two attached hydrogens (primary N) is 1. The van der Waals surface area contributed by atoms with Gasteiger partial charge in [0.05, 0.1) is 4.90 Å². The Balaban J connectivity index is 3.36. The molecule has 1 rings (SSSR count). The van der Waals surface area contributed by atoms with Crippen LogP contribution in [0.5, 0.6) is 0 Å². The minimum Gasteiger partial charge on any atom is -0.399 e. The fourth-order valence-electron chi connectivity index (χ4n) is 2.17. The van der Waals surface area contributed by atoms with Gasteiger partial charge >= 0.3 is 0 Å². The maximum Gasteiger partial charge on any atom is 0.243 e. The second kappa shape index (κ2) is 5.51. The molecule has 0 aliphatic rings. The predicted octanol–water partition coefficient (Wildman–Crippen LogP) is 2.55. The standard InChI is InChI=1S/C14H24N2O2S/c1-9(2)12(5)16(6)19(17,18)14-10(3)7-13(15)8-11(14)4/h7-9,12H,15H2,1-6H3. The highest BCUT2D eigenvalue weighted by atomic mass is 32.2. The van der Waals surface area contributed by atoms with Crippen molar-refractivity contribution >= 4 is 15.7 Å². The van der Waals surface area contributed by atoms with Crippen LogP contribution < -0.4 is 5.73 Å². The fourth-order valence-corrected chi connectivity index (χ4v) is 4.07. The van der Waals surface area contributed by atoms with Gasteiger partial charge in [-0.2, -0.15) is 4.31 Å². The lowest BCUT2D eigenvalue weighted by molar-refractivity contribution is 0.315. The summed E-state index contributed by atoms with van der Waals surface area (Å²) in [6.07, 6.45) is 0. The molecule has 0 aliphatic heterocycles. The number of benzene rings is 1. The van der Waals surface area contributed by atoms with E-state index in [1.165, 1.54) is 4.31 Å². The third-order valence-electron chi connectivity index (χ3n) is 3.66. The third kappa shape index (κ3) is 3.09. The molecule has 0 radical (unpaired) electrons. The van der Waals surface area contributed by atoms with Crippen LogP contribution in [-0.2, 0) is 10.0 Å². The molecule has 19 heavy (non-hydrogen) atoms. The summed E-state index contributed by atoms with van der Waals surface area (Å²) < 4.78 is 26.9. The van der Waals surface area contributed by atoms with Crippen molar-refractivity contribution in [3.63, 3.8) is 0 Å².